The van der Waals surface area contributed by atoms with Crippen LogP contribution >= 0.6 is 0 Å². The molecule has 1 amide bonds. The number of carbonyl (C=O) groups is 1. The van der Waals surface area contributed by atoms with Gasteiger partial charge in [0.2, 0.25) is 5.91 Å². The Labute approximate surface area is 127 Å². The van der Waals surface area contributed by atoms with Crippen molar-refractivity contribution in [1.29, 1.82) is 0 Å². The van der Waals surface area contributed by atoms with E-state index in [4.69, 9.17) is 4.74 Å². The largest absolute Gasteiger partial charge is 0.379 e. The predicted molar refractivity (Wildman–Crippen MR) is 85.6 cm³/mol. The van der Waals surface area contributed by atoms with Gasteiger partial charge in [0, 0.05) is 18.8 Å². The first-order chi connectivity index (χ1) is 10.2. The Hall–Kier alpha value is -1.39. The van der Waals surface area contributed by atoms with Gasteiger partial charge in [0.1, 0.15) is 0 Å². The van der Waals surface area contributed by atoms with Crippen LogP contribution in [0.1, 0.15) is 25.8 Å². The minimum absolute atomic E-state index is 0.0904. The summed E-state index contributed by atoms with van der Waals surface area (Å²) in [6.07, 6.45) is 2.07. The number of nitrogens with one attached hydrogen (secondary N) is 1. The van der Waals surface area contributed by atoms with Crippen molar-refractivity contribution < 1.29 is 9.53 Å². The molecule has 1 aliphatic heterocycles. The SMILES string of the molecule is CCCNC1COCC1C(=O)N(C)c1ccc(CC)cc1. The Bertz CT molecular complexity index is 458. The molecular formula is C17H26N2O2. The lowest BCUT2D eigenvalue weighted by Crippen LogP contribution is -2.45. The molecule has 0 spiro atoms. The maximum absolute atomic E-state index is 12.7. The second kappa shape index (κ2) is 7.57. The van der Waals surface area contributed by atoms with Gasteiger partial charge >= 0.3 is 0 Å². The number of nitrogens with zero attached hydrogens (tertiary/aromatic N) is 1. The monoisotopic (exact) mass is 290 g/mol. The maximum Gasteiger partial charge on any atom is 0.233 e. The lowest BCUT2D eigenvalue weighted by atomic mass is 10.0. The molecule has 1 fully saturated rings. The Balaban J connectivity index is 2.03. The summed E-state index contributed by atoms with van der Waals surface area (Å²) >= 11 is 0. The van der Waals surface area contributed by atoms with Gasteiger partial charge in [0.25, 0.3) is 0 Å². The average molecular weight is 290 g/mol. The second-order valence-corrected chi connectivity index (χ2v) is 5.62. The molecule has 4 nitrogen and oxygen atoms in total. The van der Waals surface area contributed by atoms with Gasteiger partial charge in [-0.05, 0) is 37.1 Å². The Kier molecular flexibility index (Phi) is 5.76. The molecule has 1 N–H and O–H groups in total. The molecule has 1 aliphatic rings. The van der Waals surface area contributed by atoms with E-state index in [0.29, 0.717) is 13.2 Å². The molecule has 1 saturated heterocycles. The number of hydrogen-bond acceptors (Lipinski definition) is 3. The number of aryl methyl sites for hydroxylation is 1. The standard InChI is InChI=1S/C17H26N2O2/c1-4-10-18-16-12-21-11-15(16)17(20)19(3)14-8-6-13(5-2)7-9-14/h6-9,15-16,18H,4-5,10-12H2,1-3H3. The van der Waals surface area contributed by atoms with Gasteiger partial charge < -0.3 is 15.0 Å². The van der Waals surface area contributed by atoms with E-state index in [-0.39, 0.29) is 17.9 Å². The van der Waals surface area contributed by atoms with Crippen molar-refractivity contribution in [3.8, 4) is 0 Å². The highest BCUT2D eigenvalue weighted by atomic mass is 16.5. The molecule has 1 aromatic rings. The van der Waals surface area contributed by atoms with Crippen LogP contribution in [0.2, 0.25) is 0 Å². The summed E-state index contributed by atoms with van der Waals surface area (Å²) in [4.78, 5) is 14.4. The highest BCUT2D eigenvalue weighted by Gasteiger charge is 2.35. The van der Waals surface area contributed by atoms with Crippen LogP contribution in [0.15, 0.2) is 24.3 Å². The van der Waals surface area contributed by atoms with E-state index in [9.17, 15) is 4.79 Å². The molecule has 1 heterocycles. The molecule has 0 bridgehead atoms. The highest BCUT2D eigenvalue weighted by molar-refractivity contribution is 5.95. The minimum atomic E-state index is -0.0904. The smallest absolute Gasteiger partial charge is 0.233 e. The Morgan fingerprint density at radius 2 is 2.00 bits per heavy atom. The van der Waals surface area contributed by atoms with Crippen LogP contribution in [-0.2, 0) is 16.0 Å². The van der Waals surface area contributed by atoms with Crippen molar-refractivity contribution >= 4 is 11.6 Å². The quantitative estimate of drug-likeness (QED) is 0.873. The molecule has 21 heavy (non-hydrogen) atoms. The van der Waals surface area contributed by atoms with Crippen LogP contribution in [0.25, 0.3) is 0 Å². The maximum atomic E-state index is 12.7. The van der Waals surface area contributed by atoms with Crippen LogP contribution in [0.3, 0.4) is 0 Å². The summed E-state index contributed by atoms with van der Waals surface area (Å²) in [5, 5.41) is 3.41. The number of benzene rings is 1. The normalized spacial score (nSPS) is 21.5. The van der Waals surface area contributed by atoms with Gasteiger partial charge in [0.15, 0.2) is 0 Å². The van der Waals surface area contributed by atoms with E-state index in [1.54, 1.807) is 4.90 Å². The fourth-order valence-electron chi connectivity index (χ4n) is 2.66. The Morgan fingerprint density at radius 3 is 2.62 bits per heavy atom. The number of hydrogen-bond donors (Lipinski definition) is 1. The average Bonchev–Trinajstić information content (AvgIpc) is 3.00. The van der Waals surface area contributed by atoms with E-state index in [0.717, 1.165) is 25.1 Å². The summed E-state index contributed by atoms with van der Waals surface area (Å²) in [6, 6.07) is 8.32. The number of rotatable bonds is 6. The van der Waals surface area contributed by atoms with Gasteiger partial charge in [-0.1, -0.05) is 26.0 Å². The van der Waals surface area contributed by atoms with E-state index < -0.39 is 0 Å². The fourth-order valence-corrected chi connectivity index (χ4v) is 2.66. The van der Waals surface area contributed by atoms with Crippen molar-refractivity contribution in [2.24, 2.45) is 5.92 Å². The summed E-state index contributed by atoms with van der Waals surface area (Å²) in [5.41, 5.74) is 2.23. The third-order valence-electron chi connectivity index (χ3n) is 4.12. The zero-order valence-electron chi connectivity index (χ0n) is 13.3. The van der Waals surface area contributed by atoms with Gasteiger partial charge in [-0.2, -0.15) is 0 Å². The molecule has 116 valence electrons. The zero-order chi connectivity index (χ0) is 15.2. The number of amides is 1. The van der Waals surface area contributed by atoms with Crippen molar-refractivity contribution in [2.45, 2.75) is 32.7 Å². The fraction of sp³-hybridized carbons (Fsp3) is 0.588. The van der Waals surface area contributed by atoms with Crippen LogP contribution < -0.4 is 10.2 Å². The van der Waals surface area contributed by atoms with Crippen molar-refractivity contribution in [1.82, 2.24) is 5.32 Å². The van der Waals surface area contributed by atoms with E-state index in [1.165, 1.54) is 5.56 Å². The summed E-state index contributed by atoms with van der Waals surface area (Å²) in [5.74, 6) is 0.0396. The lowest BCUT2D eigenvalue weighted by molar-refractivity contribution is -0.122. The Morgan fingerprint density at radius 1 is 1.29 bits per heavy atom. The second-order valence-electron chi connectivity index (χ2n) is 5.62. The van der Waals surface area contributed by atoms with Crippen LogP contribution in [0.5, 0.6) is 0 Å². The first-order valence-electron chi connectivity index (χ1n) is 7.85. The molecule has 2 atom stereocenters. The van der Waals surface area contributed by atoms with E-state index in [2.05, 4.69) is 31.3 Å². The van der Waals surface area contributed by atoms with Crippen molar-refractivity contribution in [2.75, 3.05) is 31.7 Å². The lowest BCUT2D eigenvalue weighted by Gasteiger charge is -2.24. The molecule has 0 aromatic heterocycles. The van der Waals surface area contributed by atoms with Gasteiger partial charge in [-0.25, -0.2) is 0 Å². The van der Waals surface area contributed by atoms with Crippen LogP contribution in [-0.4, -0.2) is 38.8 Å². The molecule has 2 rings (SSSR count). The third kappa shape index (κ3) is 3.83. The molecular weight excluding hydrogens is 264 g/mol. The van der Waals surface area contributed by atoms with Gasteiger partial charge in [-0.3, -0.25) is 4.79 Å². The summed E-state index contributed by atoms with van der Waals surface area (Å²) in [7, 11) is 1.85. The first-order valence-corrected chi connectivity index (χ1v) is 7.85. The zero-order valence-corrected chi connectivity index (χ0v) is 13.3. The molecule has 0 aliphatic carbocycles. The highest BCUT2D eigenvalue weighted by Crippen LogP contribution is 2.21. The van der Waals surface area contributed by atoms with Crippen LogP contribution in [0.4, 0.5) is 5.69 Å². The summed E-state index contributed by atoms with van der Waals surface area (Å²) < 4.78 is 5.50. The third-order valence-corrected chi connectivity index (χ3v) is 4.12. The number of ether oxygens (including phenoxy) is 1. The van der Waals surface area contributed by atoms with E-state index in [1.807, 2.05) is 19.2 Å². The van der Waals surface area contributed by atoms with Crippen LogP contribution in [0, 0.1) is 5.92 Å². The van der Waals surface area contributed by atoms with Crippen molar-refractivity contribution in [3.63, 3.8) is 0 Å². The molecule has 0 saturated carbocycles. The topological polar surface area (TPSA) is 41.6 Å². The molecule has 1 aromatic carbocycles. The molecule has 0 radical (unpaired) electrons. The first kappa shape index (κ1) is 16.0. The minimum Gasteiger partial charge on any atom is -0.379 e. The summed E-state index contributed by atoms with van der Waals surface area (Å²) in [6.45, 7) is 6.31. The van der Waals surface area contributed by atoms with Gasteiger partial charge in [0.05, 0.1) is 19.1 Å². The molecule has 4 heteroatoms. The number of anilines is 1. The number of carbonyl (C=O) groups excluding carboxylic acids is 1. The van der Waals surface area contributed by atoms with Gasteiger partial charge in [-0.15, -0.1) is 0 Å². The predicted octanol–water partition coefficient (Wildman–Crippen LogP) is 2.23. The van der Waals surface area contributed by atoms with Crippen molar-refractivity contribution in [3.05, 3.63) is 29.8 Å². The molecule has 2 unspecified atom stereocenters. The van der Waals surface area contributed by atoms with E-state index >= 15 is 0 Å².